The van der Waals surface area contributed by atoms with Crippen molar-refractivity contribution in [1.82, 2.24) is 15.2 Å². The molecule has 3 rings (SSSR count). The van der Waals surface area contributed by atoms with Crippen LogP contribution >= 0.6 is 11.3 Å². The van der Waals surface area contributed by atoms with Gasteiger partial charge in [-0.3, -0.25) is 9.69 Å². The molecule has 0 bridgehead atoms. The summed E-state index contributed by atoms with van der Waals surface area (Å²) in [4.78, 5) is 19.1. The van der Waals surface area contributed by atoms with Crippen molar-refractivity contribution in [3.8, 4) is 0 Å². The van der Waals surface area contributed by atoms with Crippen molar-refractivity contribution in [3.05, 3.63) is 52.0 Å². The van der Waals surface area contributed by atoms with Crippen LogP contribution in [0, 0.1) is 0 Å². The van der Waals surface area contributed by atoms with Crippen LogP contribution < -0.4 is 5.32 Å². The molecule has 1 aliphatic rings. The van der Waals surface area contributed by atoms with Crippen LogP contribution in [0.25, 0.3) is 0 Å². The van der Waals surface area contributed by atoms with E-state index in [9.17, 15) is 4.79 Å². The van der Waals surface area contributed by atoms with E-state index < -0.39 is 0 Å². The summed E-state index contributed by atoms with van der Waals surface area (Å²) >= 11 is 1.54. The van der Waals surface area contributed by atoms with Gasteiger partial charge in [0.15, 0.2) is 0 Å². The maximum absolute atomic E-state index is 12.3. The summed E-state index contributed by atoms with van der Waals surface area (Å²) in [5.41, 5.74) is 1.72. The van der Waals surface area contributed by atoms with Gasteiger partial charge in [-0.2, -0.15) is 0 Å². The Kier molecular flexibility index (Phi) is 5.96. The number of nitrogens with one attached hydrogen (secondary N) is 1. The third kappa shape index (κ3) is 4.63. The number of hydrogen-bond acceptors (Lipinski definition) is 5. The van der Waals surface area contributed by atoms with Crippen LogP contribution in [0.4, 0.5) is 0 Å². The van der Waals surface area contributed by atoms with Crippen LogP contribution in [-0.4, -0.2) is 54.7 Å². The molecule has 24 heavy (non-hydrogen) atoms. The lowest BCUT2D eigenvalue weighted by molar-refractivity contribution is 0.0204. The number of benzene rings is 1. The van der Waals surface area contributed by atoms with E-state index in [1.165, 1.54) is 16.9 Å². The quantitative estimate of drug-likeness (QED) is 0.872. The maximum atomic E-state index is 12.3. The molecule has 1 aliphatic heterocycles. The number of carbonyl (C=O) groups is 1. The normalized spacial score (nSPS) is 16.7. The SMILES string of the molecule is C[C@@H](CNC(=O)c1csc(Cc2ccccc2)n1)N1CCOCC1. The molecule has 0 spiro atoms. The summed E-state index contributed by atoms with van der Waals surface area (Å²) in [6.07, 6.45) is 0.767. The number of carbonyl (C=O) groups excluding carboxylic acids is 1. The Morgan fingerprint density at radius 3 is 2.83 bits per heavy atom. The zero-order chi connectivity index (χ0) is 16.8. The fourth-order valence-corrected chi connectivity index (χ4v) is 3.55. The minimum Gasteiger partial charge on any atom is -0.379 e. The molecule has 0 unspecified atom stereocenters. The van der Waals surface area contributed by atoms with Crippen LogP contribution in [-0.2, 0) is 11.2 Å². The first-order valence-corrected chi connectivity index (χ1v) is 9.18. The molecular weight excluding hydrogens is 322 g/mol. The van der Waals surface area contributed by atoms with Crippen molar-refractivity contribution in [1.29, 1.82) is 0 Å². The molecule has 1 saturated heterocycles. The van der Waals surface area contributed by atoms with Crippen molar-refractivity contribution in [3.63, 3.8) is 0 Å². The molecule has 0 radical (unpaired) electrons. The molecule has 1 aromatic carbocycles. The van der Waals surface area contributed by atoms with Gasteiger partial charge in [-0.05, 0) is 12.5 Å². The summed E-state index contributed by atoms with van der Waals surface area (Å²) in [5.74, 6) is -0.0920. The topological polar surface area (TPSA) is 54.5 Å². The first-order valence-electron chi connectivity index (χ1n) is 8.30. The number of nitrogens with zero attached hydrogens (tertiary/aromatic N) is 2. The van der Waals surface area contributed by atoms with E-state index in [0.717, 1.165) is 37.7 Å². The average Bonchev–Trinajstić information content (AvgIpc) is 3.09. The van der Waals surface area contributed by atoms with Gasteiger partial charge in [0.2, 0.25) is 0 Å². The predicted octanol–water partition coefficient (Wildman–Crippen LogP) is 2.18. The second-order valence-electron chi connectivity index (χ2n) is 6.00. The molecule has 2 heterocycles. The number of thiazole rings is 1. The zero-order valence-corrected chi connectivity index (χ0v) is 14.7. The Morgan fingerprint density at radius 1 is 1.33 bits per heavy atom. The van der Waals surface area contributed by atoms with Crippen molar-refractivity contribution in [2.24, 2.45) is 0 Å². The Balaban J connectivity index is 1.50. The molecule has 1 fully saturated rings. The zero-order valence-electron chi connectivity index (χ0n) is 13.9. The Morgan fingerprint density at radius 2 is 2.08 bits per heavy atom. The van der Waals surface area contributed by atoms with Crippen LogP contribution in [0.5, 0.6) is 0 Å². The lowest BCUT2D eigenvalue weighted by Gasteiger charge is -2.32. The minimum absolute atomic E-state index is 0.0920. The monoisotopic (exact) mass is 345 g/mol. The highest BCUT2D eigenvalue weighted by molar-refractivity contribution is 7.09. The van der Waals surface area contributed by atoms with Crippen molar-refractivity contribution in [2.45, 2.75) is 19.4 Å². The Labute approximate surface area is 146 Å². The van der Waals surface area contributed by atoms with Crippen molar-refractivity contribution in [2.75, 3.05) is 32.8 Å². The van der Waals surface area contributed by atoms with E-state index in [1.807, 2.05) is 23.6 Å². The van der Waals surface area contributed by atoms with Gasteiger partial charge in [-0.1, -0.05) is 30.3 Å². The Hall–Kier alpha value is -1.76. The summed E-state index contributed by atoms with van der Waals surface area (Å²) in [6.45, 7) is 6.15. The molecule has 128 valence electrons. The molecule has 6 heteroatoms. The molecule has 0 aliphatic carbocycles. The number of aromatic nitrogens is 1. The number of hydrogen-bond donors (Lipinski definition) is 1. The molecule has 1 amide bonds. The summed E-state index contributed by atoms with van der Waals surface area (Å²) in [6, 6.07) is 10.5. The highest BCUT2D eigenvalue weighted by atomic mass is 32.1. The second kappa shape index (κ2) is 8.37. The van der Waals surface area contributed by atoms with E-state index >= 15 is 0 Å². The van der Waals surface area contributed by atoms with E-state index in [0.29, 0.717) is 18.3 Å². The van der Waals surface area contributed by atoms with E-state index in [2.05, 4.69) is 34.3 Å². The third-order valence-corrected chi connectivity index (χ3v) is 5.06. The van der Waals surface area contributed by atoms with E-state index in [1.54, 1.807) is 0 Å². The van der Waals surface area contributed by atoms with Crippen LogP contribution in [0.15, 0.2) is 35.7 Å². The van der Waals surface area contributed by atoms with E-state index in [-0.39, 0.29) is 5.91 Å². The molecular formula is C18H23N3O2S. The smallest absolute Gasteiger partial charge is 0.270 e. The fourth-order valence-electron chi connectivity index (χ4n) is 2.75. The lowest BCUT2D eigenvalue weighted by atomic mass is 10.2. The maximum Gasteiger partial charge on any atom is 0.270 e. The molecule has 2 aromatic rings. The standard InChI is InChI=1S/C18H23N3O2S/c1-14(21-7-9-23-10-8-21)12-19-18(22)16-13-24-17(20-16)11-15-5-3-2-4-6-15/h2-6,13-14H,7-12H2,1H3,(H,19,22)/t14-/m0/s1. The van der Waals surface area contributed by atoms with Gasteiger partial charge < -0.3 is 10.1 Å². The molecule has 1 aromatic heterocycles. The first-order chi connectivity index (χ1) is 11.7. The van der Waals surface area contributed by atoms with Crippen LogP contribution in [0.3, 0.4) is 0 Å². The predicted molar refractivity (Wildman–Crippen MR) is 95.5 cm³/mol. The molecule has 1 N–H and O–H groups in total. The number of morpholine rings is 1. The van der Waals surface area contributed by atoms with Gasteiger partial charge in [0, 0.05) is 37.5 Å². The summed E-state index contributed by atoms with van der Waals surface area (Å²) < 4.78 is 5.36. The first kappa shape index (κ1) is 17.1. The summed E-state index contributed by atoms with van der Waals surface area (Å²) in [7, 11) is 0. The van der Waals surface area contributed by atoms with Crippen LogP contribution in [0.2, 0.25) is 0 Å². The number of amides is 1. The van der Waals surface area contributed by atoms with Crippen molar-refractivity contribution < 1.29 is 9.53 Å². The van der Waals surface area contributed by atoms with Crippen molar-refractivity contribution >= 4 is 17.2 Å². The highest BCUT2D eigenvalue weighted by Gasteiger charge is 2.18. The fraction of sp³-hybridized carbons (Fsp3) is 0.444. The minimum atomic E-state index is -0.0920. The average molecular weight is 345 g/mol. The molecule has 5 nitrogen and oxygen atoms in total. The lowest BCUT2D eigenvalue weighted by Crippen LogP contribution is -2.47. The number of rotatable bonds is 6. The van der Waals surface area contributed by atoms with Gasteiger partial charge in [-0.15, -0.1) is 11.3 Å². The van der Waals surface area contributed by atoms with Crippen LogP contribution in [0.1, 0.15) is 28.0 Å². The van der Waals surface area contributed by atoms with Gasteiger partial charge in [0.25, 0.3) is 5.91 Å². The van der Waals surface area contributed by atoms with Gasteiger partial charge >= 0.3 is 0 Å². The highest BCUT2D eigenvalue weighted by Crippen LogP contribution is 2.15. The second-order valence-corrected chi connectivity index (χ2v) is 6.94. The molecule has 0 saturated carbocycles. The Bertz CT molecular complexity index is 653. The van der Waals surface area contributed by atoms with E-state index in [4.69, 9.17) is 4.74 Å². The third-order valence-electron chi connectivity index (χ3n) is 4.21. The number of ether oxygens (including phenoxy) is 1. The van der Waals surface area contributed by atoms with Gasteiger partial charge in [-0.25, -0.2) is 4.98 Å². The van der Waals surface area contributed by atoms with Gasteiger partial charge in [0.1, 0.15) is 5.69 Å². The molecule has 1 atom stereocenters. The largest absolute Gasteiger partial charge is 0.379 e. The van der Waals surface area contributed by atoms with Gasteiger partial charge in [0.05, 0.1) is 18.2 Å². The summed E-state index contributed by atoms with van der Waals surface area (Å²) in [5, 5.41) is 5.80.